The fourth-order valence-electron chi connectivity index (χ4n) is 1.90. The molecule has 1 amide bonds. The Kier molecular flexibility index (Phi) is 5.31. The zero-order chi connectivity index (χ0) is 15.3. The van der Waals surface area contributed by atoms with Gasteiger partial charge in [0.25, 0.3) is 5.91 Å². The molecule has 1 aromatic carbocycles. The third-order valence-electron chi connectivity index (χ3n) is 3.18. The first kappa shape index (κ1) is 16.2. The summed E-state index contributed by atoms with van der Waals surface area (Å²) in [5.41, 5.74) is 1.40. The first-order valence-corrected chi connectivity index (χ1v) is 6.80. The van der Waals surface area contributed by atoms with Crippen LogP contribution < -0.4 is 5.32 Å². The molecule has 20 heavy (non-hydrogen) atoms. The third-order valence-corrected chi connectivity index (χ3v) is 3.18. The van der Waals surface area contributed by atoms with E-state index in [2.05, 4.69) is 26.1 Å². The normalized spacial score (nSPS) is 12.8. The molecule has 0 saturated heterocycles. The molecule has 2 N–H and O–H groups in total. The van der Waals surface area contributed by atoms with Gasteiger partial charge in [-0.1, -0.05) is 39.0 Å². The SMILES string of the molecule is Cc1ccccc1C(=O)NC(CCC(C)(C)C)C(=O)O. The number of rotatable bonds is 5. The molecule has 1 rings (SSSR count). The molecular formula is C16H23NO3. The van der Waals surface area contributed by atoms with E-state index in [-0.39, 0.29) is 11.3 Å². The van der Waals surface area contributed by atoms with Crippen molar-refractivity contribution >= 4 is 11.9 Å². The van der Waals surface area contributed by atoms with Gasteiger partial charge in [-0.05, 0) is 36.8 Å². The molecule has 0 aliphatic heterocycles. The fraction of sp³-hybridized carbons (Fsp3) is 0.500. The highest BCUT2D eigenvalue weighted by Crippen LogP contribution is 2.21. The molecule has 0 heterocycles. The number of carbonyl (C=O) groups excluding carboxylic acids is 1. The number of carbonyl (C=O) groups is 2. The molecule has 0 fully saturated rings. The Balaban J connectivity index is 2.74. The van der Waals surface area contributed by atoms with E-state index in [4.69, 9.17) is 0 Å². The second-order valence-corrected chi connectivity index (χ2v) is 6.28. The van der Waals surface area contributed by atoms with Gasteiger partial charge in [0.05, 0.1) is 0 Å². The van der Waals surface area contributed by atoms with Gasteiger partial charge in [0.1, 0.15) is 6.04 Å². The molecule has 110 valence electrons. The Hall–Kier alpha value is -1.84. The molecule has 0 radical (unpaired) electrons. The van der Waals surface area contributed by atoms with Gasteiger partial charge in [0.15, 0.2) is 0 Å². The summed E-state index contributed by atoms with van der Waals surface area (Å²) in [7, 11) is 0. The second-order valence-electron chi connectivity index (χ2n) is 6.28. The van der Waals surface area contributed by atoms with Gasteiger partial charge in [-0.2, -0.15) is 0 Å². The maximum absolute atomic E-state index is 12.1. The molecule has 0 aromatic heterocycles. The van der Waals surface area contributed by atoms with Crippen LogP contribution in [0, 0.1) is 12.3 Å². The van der Waals surface area contributed by atoms with Crippen LogP contribution in [0.2, 0.25) is 0 Å². The Bertz CT molecular complexity index is 489. The number of hydrogen-bond acceptors (Lipinski definition) is 2. The maximum Gasteiger partial charge on any atom is 0.326 e. The number of aliphatic carboxylic acids is 1. The first-order chi connectivity index (χ1) is 9.20. The van der Waals surface area contributed by atoms with Crippen molar-refractivity contribution in [2.24, 2.45) is 5.41 Å². The lowest BCUT2D eigenvalue weighted by Gasteiger charge is -2.21. The van der Waals surface area contributed by atoms with E-state index in [1.807, 2.05) is 19.1 Å². The van der Waals surface area contributed by atoms with Crippen LogP contribution in [-0.2, 0) is 4.79 Å². The first-order valence-electron chi connectivity index (χ1n) is 6.80. The van der Waals surface area contributed by atoms with E-state index in [1.165, 1.54) is 0 Å². The highest BCUT2D eigenvalue weighted by Gasteiger charge is 2.23. The van der Waals surface area contributed by atoms with Crippen LogP contribution in [-0.4, -0.2) is 23.0 Å². The molecular weight excluding hydrogens is 254 g/mol. The lowest BCUT2D eigenvalue weighted by molar-refractivity contribution is -0.139. The Morgan fingerprint density at radius 1 is 1.25 bits per heavy atom. The number of carboxylic acids is 1. The van der Waals surface area contributed by atoms with Crippen molar-refractivity contribution in [3.05, 3.63) is 35.4 Å². The van der Waals surface area contributed by atoms with Gasteiger partial charge in [-0.15, -0.1) is 0 Å². The number of nitrogens with one attached hydrogen (secondary N) is 1. The molecule has 4 nitrogen and oxygen atoms in total. The van der Waals surface area contributed by atoms with Crippen molar-refractivity contribution in [3.8, 4) is 0 Å². The van der Waals surface area contributed by atoms with Crippen molar-refractivity contribution in [2.75, 3.05) is 0 Å². The van der Waals surface area contributed by atoms with Gasteiger partial charge >= 0.3 is 5.97 Å². The van der Waals surface area contributed by atoms with Crippen molar-refractivity contribution < 1.29 is 14.7 Å². The predicted octanol–water partition coefficient (Wildman–Crippen LogP) is 3.00. The van der Waals surface area contributed by atoms with Crippen molar-refractivity contribution in [1.29, 1.82) is 0 Å². The van der Waals surface area contributed by atoms with Crippen LogP contribution in [0.3, 0.4) is 0 Å². The zero-order valence-corrected chi connectivity index (χ0v) is 12.6. The third kappa shape index (κ3) is 5.03. The Labute approximate surface area is 120 Å². The van der Waals surface area contributed by atoms with E-state index in [1.54, 1.807) is 12.1 Å². The van der Waals surface area contributed by atoms with Gasteiger partial charge in [0.2, 0.25) is 0 Å². The topological polar surface area (TPSA) is 66.4 Å². The molecule has 0 spiro atoms. The van der Waals surface area contributed by atoms with Gasteiger partial charge in [0, 0.05) is 5.56 Å². The Morgan fingerprint density at radius 3 is 2.35 bits per heavy atom. The van der Waals surface area contributed by atoms with Crippen LogP contribution >= 0.6 is 0 Å². The summed E-state index contributed by atoms with van der Waals surface area (Å²) in [5.74, 6) is -1.32. The van der Waals surface area contributed by atoms with E-state index >= 15 is 0 Å². The minimum atomic E-state index is -0.990. The lowest BCUT2D eigenvalue weighted by atomic mass is 9.88. The summed E-state index contributed by atoms with van der Waals surface area (Å²) >= 11 is 0. The average Bonchev–Trinajstić information content (AvgIpc) is 2.33. The van der Waals surface area contributed by atoms with E-state index in [9.17, 15) is 14.7 Å². The minimum Gasteiger partial charge on any atom is -0.480 e. The maximum atomic E-state index is 12.1. The van der Waals surface area contributed by atoms with Gasteiger partial charge in [-0.25, -0.2) is 4.79 Å². The lowest BCUT2D eigenvalue weighted by Crippen LogP contribution is -2.41. The minimum absolute atomic E-state index is 0.0427. The number of hydrogen-bond donors (Lipinski definition) is 2. The van der Waals surface area contributed by atoms with Crippen LogP contribution in [0.5, 0.6) is 0 Å². The summed E-state index contributed by atoms with van der Waals surface area (Å²) in [4.78, 5) is 23.4. The van der Waals surface area contributed by atoms with Gasteiger partial charge in [-0.3, -0.25) is 4.79 Å². The predicted molar refractivity (Wildman–Crippen MR) is 78.8 cm³/mol. The molecule has 1 aromatic rings. The molecule has 1 unspecified atom stereocenters. The molecule has 1 atom stereocenters. The van der Waals surface area contributed by atoms with Gasteiger partial charge < -0.3 is 10.4 Å². The summed E-state index contributed by atoms with van der Waals surface area (Å²) in [6.45, 7) is 7.99. The summed E-state index contributed by atoms with van der Waals surface area (Å²) in [6, 6.07) is 6.31. The van der Waals surface area contributed by atoms with Crippen LogP contribution in [0.1, 0.15) is 49.5 Å². The van der Waals surface area contributed by atoms with E-state index in [0.29, 0.717) is 12.0 Å². The highest BCUT2D eigenvalue weighted by atomic mass is 16.4. The monoisotopic (exact) mass is 277 g/mol. The van der Waals surface area contributed by atoms with E-state index in [0.717, 1.165) is 12.0 Å². The molecule has 0 bridgehead atoms. The van der Waals surface area contributed by atoms with E-state index < -0.39 is 12.0 Å². The number of benzene rings is 1. The largest absolute Gasteiger partial charge is 0.480 e. The van der Waals surface area contributed by atoms with Crippen molar-refractivity contribution in [2.45, 2.75) is 46.6 Å². The molecule has 4 heteroatoms. The highest BCUT2D eigenvalue weighted by molar-refractivity contribution is 5.97. The average molecular weight is 277 g/mol. The Morgan fingerprint density at radius 2 is 1.85 bits per heavy atom. The number of amides is 1. The fourth-order valence-corrected chi connectivity index (χ4v) is 1.90. The number of carboxylic acid groups (broad SMARTS) is 1. The number of aryl methyl sites for hydroxylation is 1. The van der Waals surface area contributed by atoms with Crippen LogP contribution in [0.15, 0.2) is 24.3 Å². The quantitative estimate of drug-likeness (QED) is 0.869. The summed E-state index contributed by atoms with van der Waals surface area (Å²) in [6.07, 6.45) is 1.16. The van der Waals surface area contributed by atoms with Crippen molar-refractivity contribution in [1.82, 2.24) is 5.32 Å². The summed E-state index contributed by atoms with van der Waals surface area (Å²) < 4.78 is 0. The van der Waals surface area contributed by atoms with Crippen LogP contribution in [0.4, 0.5) is 0 Å². The summed E-state index contributed by atoms with van der Waals surface area (Å²) in [5, 5.41) is 11.8. The molecule has 0 saturated carbocycles. The molecule has 0 aliphatic carbocycles. The smallest absolute Gasteiger partial charge is 0.326 e. The van der Waals surface area contributed by atoms with Crippen LogP contribution in [0.25, 0.3) is 0 Å². The molecule has 0 aliphatic rings. The standard InChI is InChI=1S/C16H23NO3/c1-11-7-5-6-8-12(11)14(18)17-13(15(19)20)9-10-16(2,3)4/h5-8,13H,9-10H2,1-4H3,(H,17,18)(H,19,20). The zero-order valence-electron chi connectivity index (χ0n) is 12.6. The van der Waals surface area contributed by atoms with Crippen molar-refractivity contribution in [3.63, 3.8) is 0 Å². The second kappa shape index (κ2) is 6.55.